The minimum atomic E-state index is -0.334. The van der Waals surface area contributed by atoms with Crippen molar-refractivity contribution in [3.8, 4) is 5.75 Å². The molecule has 158 valence electrons. The van der Waals surface area contributed by atoms with Crippen molar-refractivity contribution >= 4 is 10.9 Å². The third kappa shape index (κ3) is 4.44. The number of ether oxygens (including phenoxy) is 1. The highest BCUT2D eigenvalue weighted by Crippen LogP contribution is 2.32. The number of likely N-dealkylation sites (tertiary alicyclic amines) is 1. The van der Waals surface area contributed by atoms with Gasteiger partial charge in [-0.2, -0.15) is 5.10 Å². The number of nitrogens with one attached hydrogen (secondary N) is 1. The van der Waals surface area contributed by atoms with Crippen LogP contribution in [0.1, 0.15) is 35.8 Å². The Bertz CT molecular complexity index is 1170. The Morgan fingerprint density at radius 3 is 2.97 bits per heavy atom. The number of aromatic amines is 1. The molecule has 0 radical (unpaired) electrons. The summed E-state index contributed by atoms with van der Waals surface area (Å²) >= 11 is 0. The highest BCUT2D eigenvalue weighted by Gasteiger charge is 2.28. The summed E-state index contributed by atoms with van der Waals surface area (Å²) in [6, 6.07) is 19.5. The highest BCUT2D eigenvalue weighted by molar-refractivity contribution is 5.78. The average Bonchev–Trinajstić information content (AvgIpc) is 3.44. The third-order valence-electron chi connectivity index (χ3n) is 5.87. The third-order valence-corrected chi connectivity index (χ3v) is 5.87. The average molecular weight is 417 g/mol. The molecule has 1 aliphatic heterocycles. The number of para-hydroxylation sites is 1. The van der Waals surface area contributed by atoms with Crippen molar-refractivity contribution in [1.82, 2.24) is 20.1 Å². The van der Waals surface area contributed by atoms with E-state index in [0.29, 0.717) is 19.1 Å². The van der Waals surface area contributed by atoms with Crippen LogP contribution in [-0.2, 0) is 13.0 Å². The van der Waals surface area contributed by atoms with Gasteiger partial charge in [0, 0.05) is 30.2 Å². The highest BCUT2D eigenvalue weighted by atomic mass is 19.1. The van der Waals surface area contributed by atoms with E-state index in [-0.39, 0.29) is 11.6 Å². The van der Waals surface area contributed by atoms with Crippen LogP contribution in [0, 0.1) is 5.82 Å². The summed E-state index contributed by atoms with van der Waals surface area (Å²) in [5.41, 5.74) is 4.40. The number of aromatic nitrogens is 3. The molecule has 5 nitrogen and oxygen atoms in total. The monoisotopic (exact) mass is 416 g/mol. The lowest BCUT2D eigenvalue weighted by Crippen LogP contribution is -2.23. The van der Waals surface area contributed by atoms with Crippen molar-refractivity contribution in [2.45, 2.75) is 31.8 Å². The van der Waals surface area contributed by atoms with Crippen molar-refractivity contribution in [2.75, 3.05) is 13.2 Å². The molecular formula is C25H25FN4O. The Labute approximate surface area is 180 Å². The molecule has 2 aromatic carbocycles. The topological polar surface area (TPSA) is 54.0 Å². The van der Waals surface area contributed by atoms with Crippen LogP contribution in [0.3, 0.4) is 0 Å². The van der Waals surface area contributed by atoms with Crippen molar-refractivity contribution in [1.29, 1.82) is 0 Å². The number of benzene rings is 2. The van der Waals surface area contributed by atoms with Gasteiger partial charge in [0.2, 0.25) is 0 Å². The quantitative estimate of drug-likeness (QED) is 0.458. The van der Waals surface area contributed by atoms with Crippen LogP contribution >= 0.6 is 0 Å². The maximum absolute atomic E-state index is 13.7. The van der Waals surface area contributed by atoms with E-state index in [1.54, 1.807) is 18.2 Å². The van der Waals surface area contributed by atoms with Crippen LogP contribution in [0.15, 0.2) is 66.9 Å². The predicted octanol–water partition coefficient (Wildman–Crippen LogP) is 5.06. The smallest absolute Gasteiger partial charge is 0.165 e. The van der Waals surface area contributed by atoms with Gasteiger partial charge in [-0.15, -0.1) is 0 Å². The number of halogens is 1. The van der Waals surface area contributed by atoms with Crippen LogP contribution in [0.25, 0.3) is 10.9 Å². The molecule has 0 unspecified atom stereocenters. The molecule has 1 atom stereocenters. The number of pyridine rings is 1. The minimum Gasteiger partial charge on any atom is -0.490 e. The fourth-order valence-electron chi connectivity index (χ4n) is 4.32. The second-order valence-electron chi connectivity index (χ2n) is 8.01. The first-order valence-corrected chi connectivity index (χ1v) is 10.8. The Hall–Kier alpha value is -3.25. The zero-order valence-corrected chi connectivity index (χ0v) is 17.3. The van der Waals surface area contributed by atoms with Crippen molar-refractivity contribution in [3.05, 3.63) is 89.6 Å². The van der Waals surface area contributed by atoms with Gasteiger partial charge in [0.1, 0.15) is 0 Å². The van der Waals surface area contributed by atoms with E-state index >= 15 is 0 Å². The summed E-state index contributed by atoms with van der Waals surface area (Å²) in [5, 5.41) is 8.88. The van der Waals surface area contributed by atoms with E-state index in [1.807, 2.05) is 12.3 Å². The molecule has 1 fully saturated rings. The van der Waals surface area contributed by atoms with Gasteiger partial charge >= 0.3 is 0 Å². The molecule has 2 aromatic heterocycles. The van der Waals surface area contributed by atoms with E-state index < -0.39 is 0 Å². The van der Waals surface area contributed by atoms with E-state index in [1.165, 1.54) is 23.4 Å². The lowest BCUT2D eigenvalue weighted by atomic mass is 10.1. The first kappa shape index (κ1) is 19.7. The van der Waals surface area contributed by atoms with Crippen LogP contribution < -0.4 is 4.74 Å². The van der Waals surface area contributed by atoms with Gasteiger partial charge in [0.05, 0.1) is 23.9 Å². The lowest BCUT2D eigenvalue weighted by molar-refractivity contribution is 0.244. The molecule has 0 spiro atoms. The van der Waals surface area contributed by atoms with Gasteiger partial charge in [0.15, 0.2) is 11.6 Å². The van der Waals surface area contributed by atoms with Crippen LogP contribution in [-0.4, -0.2) is 33.2 Å². The lowest BCUT2D eigenvalue weighted by Gasteiger charge is -2.23. The first-order chi connectivity index (χ1) is 15.3. The number of hydrogen-bond donors (Lipinski definition) is 1. The van der Waals surface area contributed by atoms with E-state index in [2.05, 4.69) is 50.4 Å². The molecule has 5 rings (SSSR count). The number of nitrogens with zero attached hydrogens (tertiary/aromatic N) is 3. The number of rotatable bonds is 7. The summed E-state index contributed by atoms with van der Waals surface area (Å²) in [7, 11) is 0. The van der Waals surface area contributed by atoms with E-state index in [4.69, 9.17) is 4.74 Å². The summed E-state index contributed by atoms with van der Waals surface area (Å²) in [5.74, 6) is -0.0475. The molecule has 0 aliphatic carbocycles. The van der Waals surface area contributed by atoms with E-state index in [9.17, 15) is 4.39 Å². The molecule has 1 aliphatic rings. The van der Waals surface area contributed by atoms with Crippen LogP contribution in [0.4, 0.5) is 4.39 Å². The molecule has 1 N–H and O–H groups in total. The summed E-state index contributed by atoms with van der Waals surface area (Å²) in [6.07, 6.45) is 4.75. The van der Waals surface area contributed by atoms with E-state index in [0.717, 1.165) is 36.4 Å². The van der Waals surface area contributed by atoms with Crippen molar-refractivity contribution < 1.29 is 9.13 Å². The molecule has 6 heteroatoms. The van der Waals surface area contributed by atoms with Gasteiger partial charge in [-0.1, -0.05) is 24.3 Å². The molecule has 0 saturated carbocycles. The number of fused-ring (bicyclic) bond motifs is 1. The molecular weight excluding hydrogens is 391 g/mol. The summed E-state index contributed by atoms with van der Waals surface area (Å²) in [4.78, 5) is 6.90. The molecule has 0 bridgehead atoms. The Kier molecular flexibility index (Phi) is 5.63. The fraction of sp³-hybridized carbons (Fsp3) is 0.280. The molecule has 1 saturated heterocycles. The second kappa shape index (κ2) is 8.86. The zero-order chi connectivity index (χ0) is 21.0. The van der Waals surface area contributed by atoms with Crippen LogP contribution in [0.2, 0.25) is 0 Å². The van der Waals surface area contributed by atoms with Gasteiger partial charge < -0.3 is 4.74 Å². The first-order valence-electron chi connectivity index (χ1n) is 10.8. The predicted molar refractivity (Wildman–Crippen MR) is 118 cm³/mol. The number of hydrogen-bond acceptors (Lipinski definition) is 4. The maximum atomic E-state index is 13.7. The van der Waals surface area contributed by atoms with Crippen molar-refractivity contribution in [3.63, 3.8) is 0 Å². The Morgan fingerprint density at radius 2 is 2.03 bits per heavy atom. The SMILES string of the molecule is Fc1ccccc1OCCc1cc([C@H]2CCCN2Cc2ccc3ncccc3c2)n[nH]1. The normalized spacial score (nSPS) is 16.7. The minimum absolute atomic E-state index is 0.287. The second-order valence-corrected chi connectivity index (χ2v) is 8.01. The molecule has 4 aromatic rings. The van der Waals surface area contributed by atoms with Crippen molar-refractivity contribution in [2.24, 2.45) is 0 Å². The van der Waals surface area contributed by atoms with Gasteiger partial charge in [0.25, 0.3) is 0 Å². The Balaban J connectivity index is 1.22. The zero-order valence-electron chi connectivity index (χ0n) is 17.3. The number of H-pyrrole nitrogens is 1. The standard InChI is InChI=1S/C25H25FN4O/c26-21-6-1-2-8-25(21)31-14-11-20-16-23(29-28-20)24-7-4-13-30(24)17-18-9-10-22-19(15-18)5-3-12-27-22/h1-3,5-6,8-10,12,15-16,24H,4,7,11,13-14,17H2,(H,28,29)/t24-/m1/s1. The van der Waals surface area contributed by atoms with Gasteiger partial charge in [-0.3, -0.25) is 15.0 Å². The molecule has 31 heavy (non-hydrogen) atoms. The Morgan fingerprint density at radius 1 is 1.10 bits per heavy atom. The van der Waals surface area contributed by atoms with Crippen LogP contribution in [0.5, 0.6) is 5.75 Å². The molecule has 0 amide bonds. The fourth-order valence-corrected chi connectivity index (χ4v) is 4.32. The summed E-state index contributed by atoms with van der Waals surface area (Å²) in [6.45, 7) is 2.37. The van der Waals surface area contributed by atoms with Gasteiger partial charge in [-0.25, -0.2) is 4.39 Å². The largest absolute Gasteiger partial charge is 0.490 e. The summed E-state index contributed by atoms with van der Waals surface area (Å²) < 4.78 is 19.3. The maximum Gasteiger partial charge on any atom is 0.165 e. The van der Waals surface area contributed by atoms with Gasteiger partial charge in [-0.05, 0) is 61.3 Å². The molecule has 3 heterocycles.